The number of aromatic nitrogens is 2. The molecule has 2 rings (SSSR count). The van der Waals surface area contributed by atoms with E-state index in [0.717, 1.165) is 41.9 Å². The van der Waals surface area contributed by atoms with Crippen LogP contribution in [0, 0.1) is 5.92 Å². The van der Waals surface area contributed by atoms with E-state index in [1.165, 1.54) is 30.1 Å². The van der Waals surface area contributed by atoms with E-state index in [1.54, 1.807) is 0 Å². The average molecular weight is 297 g/mol. The van der Waals surface area contributed by atoms with Crippen molar-refractivity contribution in [2.24, 2.45) is 5.92 Å². The van der Waals surface area contributed by atoms with Gasteiger partial charge in [-0.3, -0.25) is 0 Å². The van der Waals surface area contributed by atoms with E-state index < -0.39 is 0 Å². The lowest BCUT2D eigenvalue weighted by Gasteiger charge is -2.22. The van der Waals surface area contributed by atoms with Crippen LogP contribution in [0.2, 0.25) is 0 Å². The SMILES string of the molecule is CC(C)CCCSc1nsnc1C1=CCCN(C)C1. The van der Waals surface area contributed by atoms with Crippen molar-refractivity contribution in [1.29, 1.82) is 0 Å². The quantitative estimate of drug-likeness (QED) is 0.590. The van der Waals surface area contributed by atoms with E-state index in [-0.39, 0.29) is 0 Å². The van der Waals surface area contributed by atoms with Gasteiger partial charge >= 0.3 is 0 Å². The first-order valence-corrected chi connectivity index (χ1v) is 8.71. The van der Waals surface area contributed by atoms with Crippen molar-refractivity contribution in [2.45, 2.75) is 38.1 Å². The van der Waals surface area contributed by atoms with Crippen LogP contribution in [0.5, 0.6) is 0 Å². The van der Waals surface area contributed by atoms with Gasteiger partial charge < -0.3 is 4.90 Å². The molecule has 0 bridgehead atoms. The fraction of sp³-hybridized carbons (Fsp3) is 0.714. The molecule has 0 aliphatic carbocycles. The van der Waals surface area contributed by atoms with Crippen LogP contribution >= 0.6 is 23.5 Å². The molecule has 1 aromatic heterocycles. The molecule has 2 heterocycles. The number of thioether (sulfide) groups is 1. The topological polar surface area (TPSA) is 29.0 Å². The summed E-state index contributed by atoms with van der Waals surface area (Å²) < 4.78 is 8.97. The Hall–Kier alpha value is -0.390. The zero-order chi connectivity index (χ0) is 13.7. The maximum atomic E-state index is 4.50. The Morgan fingerprint density at radius 1 is 1.42 bits per heavy atom. The minimum Gasteiger partial charge on any atom is -0.302 e. The van der Waals surface area contributed by atoms with E-state index in [4.69, 9.17) is 0 Å². The lowest BCUT2D eigenvalue weighted by Crippen LogP contribution is -2.25. The zero-order valence-electron chi connectivity index (χ0n) is 12.1. The zero-order valence-corrected chi connectivity index (χ0v) is 13.7. The molecule has 0 unspecified atom stereocenters. The van der Waals surface area contributed by atoms with Gasteiger partial charge in [-0.15, -0.1) is 11.8 Å². The lowest BCUT2D eigenvalue weighted by molar-refractivity contribution is 0.372. The molecule has 0 aromatic carbocycles. The average Bonchev–Trinajstić information content (AvgIpc) is 2.83. The highest BCUT2D eigenvalue weighted by atomic mass is 32.2. The Balaban J connectivity index is 1.92. The summed E-state index contributed by atoms with van der Waals surface area (Å²) in [6, 6.07) is 0. The maximum absolute atomic E-state index is 4.50. The molecule has 5 heteroatoms. The Bertz CT molecular complexity index is 426. The Labute approximate surface area is 124 Å². The molecule has 1 aliphatic heterocycles. The van der Waals surface area contributed by atoms with E-state index >= 15 is 0 Å². The first kappa shape index (κ1) is 15.0. The third kappa shape index (κ3) is 4.58. The Morgan fingerprint density at radius 2 is 2.26 bits per heavy atom. The van der Waals surface area contributed by atoms with Gasteiger partial charge in [0.15, 0.2) is 0 Å². The molecule has 0 spiro atoms. The van der Waals surface area contributed by atoms with Crippen LogP contribution in [0.15, 0.2) is 11.1 Å². The van der Waals surface area contributed by atoms with E-state index in [1.807, 2.05) is 11.8 Å². The van der Waals surface area contributed by atoms with Gasteiger partial charge in [-0.1, -0.05) is 26.3 Å². The van der Waals surface area contributed by atoms with Gasteiger partial charge in [-0.25, -0.2) is 0 Å². The van der Waals surface area contributed by atoms with Crippen molar-refractivity contribution in [3.05, 3.63) is 11.8 Å². The van der Waals surface area contributed by atoms with Gasteiger partial charge in [-0.2, -0.15) is 8.75 Å². The molecular weight excluding hydrogens is 274 g/mol. The van der Waals surface area contributed by atoms with Gasteiger partial charge in [0, 0.05) is 13.1 Å². The number of hydrogen-bond donors (Lipinski definition) is 0. The summed E-state index contributed by atoms with van der Waals surface area (Å²) >= 11 is 3.21. The third-order valence-electron chi connectivity index (χ3n) is 3.27. The van der Waals surface area contributed by atoms with Gasteiger partial charge in [-0.05, 0) is 37.1 Å². The summed E-state index contributed by atoms with van der Waals surface area (Å²) in [6.07, 6.45) is 6.01. The third-order valence-corrected chi connectivity index (χ3v) is 4.96. The second-order valence-corrected chi connectivity index (χ2v) is 7.17. The van der Waals surface area contributed by atoms with Crippen LogP contribution < -0.4 is 0 Å². The van der Waals surface area contributed by atoms with Crippen molar-refractivity contribution in [2.75, 3.05) is 25.9 Å². The molecule has 0 saturated carbocycles. The Kier molecular flexibility index (Phi) is 5.85. The molecule has 1 aromatic rings. The van der Waals surface area contributed by atoms with Gasteiger partial charge in [0.2, 0.25) is 0 Å². The molecular formula is C14H23N3S2. The highest BCUT2D eigenvalue weighted by molar-refractivity contribution is 7.99. The summed E-state index contributed by atoms with van der Waals surface area (Å²) in [5.41, 5.74) is 2.49. The summed E-state index contributed by atoms with van der Waals surface area (Å²) in [5, 5.41) is 1.13. The van der Waals surface area contributed by atoms with Crippen molar-refractivity contribution < 1.29 is 0 Å². The summed E-state index contributed by atoms with van der Waals surface area (Å²) in [5.74, 6) is 1.95. The van der Waals surface area contributed by atoms with E-state index in [9.17, 15) is 0 Å². The lowest BCUT2D eigenvalue weighted by atomic mass is 10.1. The fourth-order valence-corrected chi connectivity index (χ4v) is 3.87. The predicted octanol–water partition coefficient (Wildman–Crippen LogP) is 3.79. The molecule has 0 radical (unpaired) electrons. The second-order valence-electron chi connectivity index (χ2n) is 5.56. The Morgan fingerprint density at radius 3 is 3.00 bits per heavy atom. The highest BCUT2D eigenvalue weighted by Gasteiger charge is 2.17. The van der Waals surface area contributed by atoms with Gasteiger partial charge in [0.25, 0.3) is 0 Å². The molecule has 19 heavy (non-hydrogen) atoms. The van der Waals surface area contributed by atoms with Crippen LogP contribution in [0.4, 0.5) is 0 Å². The summed E-state index contributed by atoms with van der Waals surface area (Å²) in [6.45, 7) is 6.72. The first-order valence-electron chi connectivity index (χ1n) is 7.00. The van der Waals surface area contributed by atoms with Crippen LogP contribution in [-0.2, 0) is 0 Å². The van der Waals surface area contributed by atoms with Crippen LogP contribution in [-0.4, -0.2) is 39.5 Å². The van der Waals surface area contributed by atoms with Crippen LogP contribution in [0.25, 0.3) is 5.57 Å². The molecule has 0 amide bonds. The largest absolute Gasteiger partial charge is 0.302 e. The van der Waals surface area contributed by atoms with Crippen molar-refractivity contribution >= 4 is 29.1 Å². The van der Waals surface area contributed by atoms with E-state index in [2.05, 4.69) is 40.6 Å². The predicted molar refractivity (Wildman–Crippen MR) is 84.8 cm³/mol. The van der Waals surface area contributed by atoms with Crippen LogP contribution in [0.1, 0.15) is 38.8 Å². The maximum Gasteiger partial charge on any atom is 0.138 e. The summed E-state index contributed by atoms with van der Waals surface area (Å²) in [4.78, 5) is 2.35. The number of nitrogens with zero attached hydrogens (tertiary/aromatic N) is 3. The monoisotopic (exact) mass is 297 g/mol. The summed E-state index contributed by atoms with van der Waals surface area (Å²) in [7, 11) is 2.17. The molecule has 3 nitrogen and oxygen atoms in total. The molecule has 0 saturated heterocycles. The van der Waals surface area contributed by atoms with E-state index in [0.29, 0.717) is 0 Å². The van der Waals surface area contributed by atoms with Gasteiger partial charge in [0.05, 0.1) is 11.7 Å². The normalized spacial score (nSPS) is 16.9. The van der Waals surface area contributed by atoms with Crippen LogP contribution in [0.3, 0.4) is 0 Å². The molecule has 1 aliphatic rings. The minimum atomic E-state index is 0.795. The second kappa shape index (κ2) is 7.41. The number of rotatable bonds is 6. The van der Waals surface area contributed by atoms with Crippen molar-refractivity contribution in [3.8, 4) is 0 Å². The number of likely N-dealkylation sites (N-methyl/N-ethyl adjacent to an activating group) is 1. The highest BCUT2D eigenvalue weighted by Crippen LogP contribution is 2.29. The molecule has 0 atom stereocenters. The minimum absolute atomic E-state index is 0.795. The smallest absolute Gasteiger partial charge is 0.138 e. The molecule has 0 fully saturated rings. The molecule has 0 N–H and O–H groups in total. The fourth-order valence-electron chi connectivity index (χ4n) is 2.20. The number of hydrogen-bond acceptors (Lipinski definition) is 5. The van der Waals surface area contributed by atoms with Crippen molar-refractivity contribution in [3.63, 3.8) is 0 Å². The first-order chi connectivity index (χ1) is 9.16. The standard InChI is InChI=1S/C14H23N3S2/c1-11(2)6-5-9-18-14-13(15-19-16-14)12-7-4-8-17(3)10-12/h7,11H,4-6,8-10H2,1-3H3. The van der Waals surface area contributed by atoms with Crippen molar-refractivity contribution in [1.82, 2.24) is 13.6 Å². The van der Waals surface area contributed by atoms with Gasteiger partial charge in [0.1, 0.15) is 10.7 Å². The molecule has 106 valence electrons.